The van der Waals surface area contributed by atoms with Crippen molar-refractivity contribution in [3.63, 3.8) is 0 Å². The van der Waals surface area contributed by atoms with Gasteiger partial charge in [-0.15, -0.1) is 0 Å². The SMILES string of the molecule is CC(=O)NCCC#Cc1cc(C)nc(C)c1. The van der Waals surface area contributed by atoms with Crippen molar-refractivity contribution >= 4 is 5.91 Å². The second-order valence-corrected chi connectivity index (χ2v) is 3.67. The molecule has 16 heavy (non-hydrogen) atoms. The van der Waals surface area contributed by atoms with Gasteiger partial charge in [-0.25, -0.2) is 0 Å². The maximum Gasteiger partial charge on any atom is 0.216 e. The highest BCUT2D eigenvalue weighted by Crippen LogP contribution is 2.02. The predicted octanol–water partition coefficient (Wildman–Crippen LogP) is 1.58. The van der Waals surface area contributed by atoms with Gasteiger partial charge in [-0.2, -0.15) is 0 Å². The van der Waals surface area contributed by atoms with Gasteiger partial charge in [-0.1, -0.05) is 11.8 Å². The van der Waals surface area contributed by atoms with Gasteiger partial charge in [-0.05, 0) is 26.0 Å². The van der Waals surface area contributed by atoms with Crippen molar-refractivity contribution in [2.45, 2.75) is 27.2 Å². The third kappa shape index (κ3) is 4.61. The topological polar surface area (TPSA) is 42.0 Å². The van der Waals surface area contributed by atoms with Gasteiger partial charge in [0, 0.05) is 36.8 Å². The average molecular weight is 216 g/mol. The van der Waals surface area contributed by atoms with E-state index in [1.54, 1.807) is 0 Å². The lowest BCUT2D eigenvalue weighted by Gasteiger charge is -1.97. The number of carbonyl (C=O) groups is 1. The first-order valence-electron chi connectivity index (χ1n) is 5.26. The number of aryl methyl sites for hydroxylation is 2. The fourth-order valence-corrected chi connectivity index (χ4v) is 1.37. The molecule has 0 fully saturated rings. The lowest BCUT2D eigenvalue weighted by atomic mass is 10.2. The Morgan fingerprint density at radius 1 is 1.38 bits per heavy atom. The molecule has 0 aromatic carbocycles. The number of carbonyl (C=O) groups excluding carboxylic acids is 1. The standard InChI is InChI=1S/C13H16N2O/c1-10-8-13(9-11(2)15-10)6-4-5-7-14-12(3)16/h8-9H,5,7H2,1-3H3,(H,14,16). The summed E-state index contributed by atoms with van der Waals surface area (Å²) in [6.45, 7) is 6.01. The molecule has 0 atom stereocenters. The Bertz CT molecular complexity index is 421. The van der Waals surface area contributed by atoms with Gasteiger partial charge in [0.25, 0.3) is 0 Å². The van der Waals surface area contributed by atoms with Crippen molar-refractivity contribution in [3.8, 4) is 11.8 Å². The molecule has 3 nitrogen and oxygen atoms in total. The number of amides is 1. The van der Waals surface area contributed by atoms with E-state index in [1.807, 2.05) is 26.0 Å². The van der Waals surface area contributed by atoms with Crippen LogP contribution in [0.5, 0.6) is 0 Å². The molecule has 1 aromatic heterocycles. The number of nitrogens with one attached hydrogen (secondary N) is 1. The molecule has 1 amide bonds. The van der Waals surface area contributed by atoms with E-state index in [9.17, 15) is 4.79 Å². The number of pyridine rings is 1. The second kappa shape index (κ2) is 5.92. The zero-order valence-corrected chi connectivity index (χ0v) is 9.92. The maximum absolute atomic E-state index is 10.6. The average Bonchev–Trinajstić information content (AvgIpc) is 2.15. The highest BCUT2D eigenvalue weighted by Gasteiger charge is 1.92. The van der Waals surface area contributed by atoms with E-state index in [2.05, 4.69) is 22.1 Å². The summed E-state index contributed by atoms with van der Waals surface area (Å²) < 4.78 is 0. The van der Waals surface area contributed by atoms with E-state index in [0.29, 0.717) is 13.0 Å². The Balaban J connectivity index is 2.53. The van der Waals surface area contributed by atoms with Gasteiger partial charge in [-0.3, -0.25) is 9.78 Å². The van der Waals surface area contributed by atoms with Crippen LogP contribution in [0.15, 0.2) is 12.1 Å². The fraction of sp³-hybridized carbons (Fsp3) is 0.385. The first-order chi connectivity index (χ1) is 7.58. The van der Waals surface area contributed by atoms with Gasteiger partial charge in [0.1, 0.15) is 0 Å². The lowest BCUT2D eigenvalue weighted by Crippen LogP contribution is -2.20. The minimum Gasteiger partial charge on any atom is -0.355 e. The van der Waals surface area contributed by atoms with Gasteiger partial charge >= 0.3 is 0 Å². The fourth-order valence-electron chi connectivity index (χ4n) is 1.37. The van der Waals surface area contributed by atoms with Crippen LogP contribution in [0, 0.1) is 25.7 Å². The van der Waals surface area contributed by atoms with E-state index >= 15 is 0 Å². The third-order valence-corrected chi connectivity index (χ3v) is 1.94. The van der Waals surface area contributed by atoms with Crippen molar-refractivity contribution in [2.24, 2.45) is 0 Å². The highest BCUT2D eigenvalue weighted by molar-refractivity contribution is 5.72. The zero-order valence-electron chi connectivity index (χ0n) is 9.92. The normalized spacial score (nSPS) is 9.19. The Kier molecular flexibility index (Phi) is 4.53. The summed E-state index contributed by atoms with van der Waals surface area (Å²) in [5.41, 5.74) is 2.94. The van der Waals surface area contributed by atoms with E-state index < -0.39 is 0 Å². The van der Waals surface area contributed by atoms with Crippen molar-refractivity contribution in [3.05, 3.63) is 29.1 Å². The van der Waals surface area contributed by atoms with Crippen molar-refractivity contribution < 1.29 is 4.79 Å². The number of rotatable bonds is 2. The Morgan fingerprint density at radius 3 is 2.56 bits per heavy atom. The molecule has 1 rings (SSSR count). The lowest BCUT2D eigenvalue weighted by molar-refractivity contribution is -0.118. The summed E-state index contributed by atoms with van der Waals surface area (Å²) in [6.07, 6.45) is 0.667. The minimum atomic E-state index is -0.0163. The summed E-state index contributed by atoms with van der Waals surface area (Å²) in [6, 6.07) is 3.91. The van der Waals surface area contributed by atoms with Gasteiger partial charge < -0.3 is 5.32 Å². The number of hydrogen-bond donors (Lipinski definition) is 1. The number of aromatic nitrogens is 1. The number of hydrogen-bond acceptors (Lipinski definition) is 2. The smallest absolute Gasteiger partial charge is 0.216 e. The van der Waals surface area contributed by atoms with Crippen molar-refractivity contribution in [1.82, 2.24) is 10.3 Å². The molecule has 0 unspecified atom stereocenters. The van der Waals surface area contributed by atoms with Crippen molar-refractivity contribution in [1.29, 1.82) is 0 Å². The molecule has 0 bridgehead atoms. The van der Waals surface area contributed by atoms with Crippen LogP contribution in [0.3, 0.4) is 0 Å². The molecule has 0 saturated carbocycles. The molecule has 0 spiro atoms. The largest absolute Gasteiger partial charge is 0.355 e. The monoisotopic (exact) mass is 216 g/mol. The first kappa shape index (κ1) is 12.3. The van der Waals surface area contributed by atoms with Gasteiger partial charge in [0.15, 0.2) is 0 Å². The second-order valence-electron chi connectivity index (χ2n) is 3.67. The quantitative estimate of drug-likeness (QED) is 0.602. The first-order valence-corrected chi connectivity index (χ1v) is 5.26. The molecule has 1 heterocycles. The molecular formula is C13H16N2O. The number of nitrogens with zero attached hydrogens (tertiary/aromatic N) is 1. The molecule has 0 saturated heterocycles. The molecule has 0 aliphatic carbocycles. The predicted molar refractivity (Wildman–Crippen MR) is 63.9 cm³/mol. The summed E-state index contributed by atoms with van der Waals surface area (Å²) in [7, 11) is 0. The zero-order chi connectivity index (χ0) is 12.0. The highest BCUT2D eigenvalue weighted by atomic mass is 16.1. The summed E-state index contributed by atoms with van der Waals surface area (Å²) in [4.78, 5) is 14.9. The van der Waals surface area contributed by atoms with Crippen LogP contribution < -0.4 is 5.32 Å². The molecule has 0 radical (unpaired) electrons. The summed E-state index contributed by atoms with van der Waals surface area (Å²) >= 11 is 0. The molecular weight excluding hydrogens is 200 g/mol. The Morgan fingerprint density at radius 2 is 2.00 bits per heavy atom. The van der Waals surface area contributed by atoms with Crippen LogP contribution in [0.25, 0.3) is 0 Å². The van der Waals surface area contributed by atoms with Crippen LogP contribution in [-0.4, -0.2) is 17.4 Å². The van der Waals surface area contributed by atoms with Gasteiger partial charge in [0.05, 0.1) is 0 Å². The molecule has 0 aliphatic heterocycles. The molecule has 3 heteroatoms. The van der Waals surface area contributed by atoms with E-state index in [1.165, 1.54) is 6.92 Å². The molecule has 84 valence electrons. The minimum absolute atomic E-state index is 0.0163. The van der Waals surface area contributed by atoms with Crippen molar-refractivity contribution in [2.75, 3.05) is 6.54 Å². The Labute approximate surface area is 96.3 Å². The Hall–Kier alpha value is -1.82. The van der Waals surface area contributed by atoms with E-state index in [-0.39, 0.29) is 5.91 Å². The maximum atomic E-state index is 10.6. The van der Waals surface area contributed by atoms with E-state index in [0.717, 1.165) is 17.0 Å². The van der Waals surface area contributed by atoms with Gasteiger partial charge in [0.2, 0.25) is 5.91 Å². The van der Waals surface area contributed by atoms with Crippen LogP contribution in [0.1, 0.15) is 30.3 Å². The van der Waals surface area contributed by atoms with Crippen LogP contribution in [-0.2, 0) is 4.79 Å². The van der Waals surface area contributed by atoms with Crippen LogP contribution in [0.2, 0.25) is 0 Å². The summed E-state index contributed by atoms with van der Waals surface area (Å²) in [5.74, 6) is 6.06. The summed E-state index contributed by atoms with van der Waals surface area (Å²) in [5, 5.41) is 2.70. The molecule has 1 N–H and O–H groups in total. The van der Waals surface area contributed by atoms with E-state index in [4.69, 9.17) is 0 Å². The van der Waals surface area contributed by atoms with Crippen LogP contribution >= 0.6 is 0 Å². The van der Waals surface area contributed by atoms with Crippen LogP contribution in [0.4, 0.5) is 0 Å². The molecule has 0 aliphatic rings. The molecule has 1 aromatic rings. The third-order valence-electron chi connectivity index (χ3n) is 1.94.